The predicted molar refractivity (Wildman–Crippen MR) is 105 cm³/mol. The summed E-state index contributed by atoms with van der Waals surface area (Å²) in [6.07, 6.45) is 0.0170. The van der Waals surface area contributed by atoms with Crippen molar-refractivity contribution in [3.8, 4) is 5.75 Å². The first-order valence-electron chi connectivity index (χ1n) is 9.49. The number of para-hydroxylation sites is 1. The van der Waals surface area contributed by atoms with E-state index in [9.17, 15) is 19.5 Å². The van der Waals surface area contributed by atoms with Gasteiger partial charge in [0.2, 0.25) is 5.91 Å². The van der Waals surface area contributed by atoms with E-state index in [0.717, 1.165) is 5.56 Å². The highest BCUT2D eigenvalue weighted by atomic mass is 16.5. The van der Waals surface area contributed by atoms with Gasteiger partial charge >= 0.3 is 5.69 Å². The van der Waals surface area contributed by atoms with Crippen LogP contribution in [0.1, 0.15) is 30.7 Å². The number of aromatic nitrogens is 2. The summed E-state index contributed by atoms with van der Waals surface area (Å²) in [4.78, 5) is 38.4. The number of hydrogen-bond donors (Lipinski definition) is 3. The van der Waals surface area contributed by atoms with Gasteiger partial charge in [-0.15, -0.1) is 0 Å². The molecule has 9 heteroatoms. The molecule has 29 heavy (non-hydrogen) atoms. The molecule has 0 aliphatic carbocycles. The van der Waals surface area contributed by atoms with Crippen LogP contribution >= 0.6 is 0 Å². The van der Waals surface area contributed by atoms with Gasteiger partial charge in [-0.3, -0.25) is 19.1 Å². The van der Waals surface area contributed by atoms with Crippen LogP contribution in [-0.4, -0.2) is 46.4 Å². The molecule has 1 aliphatic heterocycles. The monoisotopic (exact) mass is 403 g/mol. The summed E-state index contributed by atoms with van der Waals surface area (Å²) in [6, 6.07) is 7.24. The molecule has 0 saturated carbocycles. The second-order valence-electron chi connectivity index (χ2n) is 6.90. The normalized spacial score (nSPS) is 21.1. The van der Waals surface area contributed by atoms with Gasteiger partial charge in [0.15, 0.2) is 0 Å². The smallest absolute Gasteiger partial charge is 0.330 e. The lowest BCUT2D eigenvalue weighted by Crippen LogP contribution is -2.38. The summed E-state index contributed by atoms with van der Waals surface area (Å²) in [5, 5.41) is 13.0. The van der Waals surface area contributed by atoms with E-state index in [2.05, 4.69) is 10.3 Å². The van der Waals surface area contributed by atoms with Crippen LogP contribution in [0, 0.1) is 0 Å². The summed E-state index contributed by atoms with van der Waals surface area (Å²) < 4.78 is 12.3. The average Bonchev–Trinajstić information content (AvgIpc) is 3.07. The highest BCUT2D eigenvalue weighted by molar-refractivity contribution is 5.79. The van der Waals surface area contributed by atoms with Crippen LogP contribution in [0.25, 0.3) is 0 Å². The number of aromatic amines is 1. The summed E-state index contributed by atoms with van der Waals surface area (Å²) in [5.74, 6) is 0.396. The van der Waals surface area contributed by atoms with Gasteiger partial charge in [-0.2, -0.15) is 0 Å². The van der Waals surface area contributed by atoms with Crippen LogP contribution in [0.5, 0.6) is 5.75 Å². The van der Waals surface area contributed by atoms with Gasteiger partial charge in [-0.1, -0.05) is 25.1 Å². The number of rotatable bonds is 7. The molecule has 3 atom stereocenters. The van der Waals surface area contributed by atoms with E-state index in [0.29, 0.717) is 17.7 Å². The summed E-state index contributed by atoms with van der Waals surface area (Å²) in [5.41, 5.74) is 0.194. The number of ether oxygens (including phenoxy) is 2. The number of nitrogens with one attached hydrogen (secondary N) is 2. The van der Waals surface area contributed by atoms with Gasteiger partial charge in [0.1, 0.15) is 18.1 Å². The number of carbonyl (C=O) groups is 1. The molecule has 2 aromatic rings. The van der Waals surface area contributed by atoms with Crippen molar-refractivity contribution in [2.75, 3.05) is 13.7 Å². The Hall–Kier alpha value is -2.91. The third kappa shape index (κ3) is 4.75. The molecule has 0 radical (unpaired) electrons. The minimum atomic E-state index is -0.851. The lowest BCUT2D eigenvalue weighted by Gasteiger charge is -2.17. The molecule has 1 aliphatic rings. The third-order valence-electron chi connectivity index (χ3n) is 4.98. The van der Waals surface area contributed by atoms with E-state index in [1.807, 2.05) is 25.1 Å². The van der Waals surface area contributed by atoms with Crippen molar-refractivity contribution in [3.63, 3.8) is 0 Å². The number of aliphatic hydroxyl groups is 1. The molecule has 3 N–H and O–H groups in total. The average molecular weight is 403 g/mol. The number of nitrogens with zero attached hydrogens (tertiary/aromatic N) is 1. The van der Waals surface area contributed by atoms with Crippen LogP contribution in [-0.2, 0) is 22.4 Å². The standard InChI is InChI=1S/C20H25N3O6/c1-3-12-11-23(20(27)22-19(12)26)18-9-14(24)16(29-18)10-21-17(25)8-13-6-4-5-7-15(13)28-2/h4-7,11,14,16,18,24H,3,8-10H2,1-2H3,(H,21,25)(H,22,26,27)/t14?,16-,18-/m0/s1. The third-order valence-corrected chi connectivity index (χ3v) is 4.98. The second-order valence-corrected chi connectivity index (χ2v) is 6.90. The number of benzene rings is 1. The fourth-order valence-corrected chi connectivity index (χ4v) is 3.36. The molecule has 1 fully saturated rings. The van der Waals surface area contributed by atoms with Crippen LogP contribution in [0.4, 0.5) is 0 Å². The van der Waals surface area contributed by atoms with Crippen molar-refractivity contribution < 1.29 is 19.4 Å². The maximum absolute atomic E-state index is 12.3. The van der Waals surface area contributed by atoms with Crippen LogP contribution in [0.15, 0.2) is 40.1 Å². The van der Waals surface area contributed by atoms with E-state index in [-0.39, 0.29) is 25.3 Å². The van der Waals surface area contributed by atoms with Crippen LogP contribution in [0.2, 0.25) is 0 Å². The Morgan fingerprint density at radius 1 is 1.34 bits per heavy atom. The Morgan fingerprint density at radius 3 is 2.83 bits per heavy atom. The Balaban J connectivity index is 1.61. The molecule has 1 unspecified atom stereocenters. The predicted octanol–water partition coefficient (Wildman–Crippen LogP) is 0.115. The second kappa shape index (κ2) is 9.06. The first kappa shape index (κ1) is 20.8. The topological polar surface area (TPSA) is 123 Å². The zero-order chi connectivity index (χ0) is 21.0. The van der Waals surface area contributed by atoms with Gasteiger partial charge in [-0.25, -0.2) is 4.79 Å². The Bertz CT molecular complexity index is 983. The quantitative estimate of drug-likeness (QED) is 0.603. The molecule has 9 nitrogen and oxygen atoms in total. The minimum absolute atomic E-state index is 0.102. The van der Waals surface area contributed by atoms with Crippen molar-refractivity contribution in [2.24, 2.45) is 0 Å². The fourth-order valence-electron chi connectivity index (χ4n) is 3.36. The van der Waals surface area contributed by atoms with Crippen molar-refractivity contribution in [2.45, 2.75) is 44.6 Å². The SMILES string of the molecule is CCc1cn([C@@H]2CC(O)[C@H](CNC(=O)Cc3ccccc3OC)O2)c(=O)[nH]c1=O. The van der Waals surface area contributed by atoms with Gasteiger partial charge in [0.05, 0.1) is 19.6 Å². The fraction of sp³-hybridized carbons (Fsp3) is 0.450. The molecular formula is C20H25N3O6. The Morgan fingerprint density at radius 2 is 2.10 bits per heavy atom. The van der Waals surface area contributed by atoms with E-state index < -0.39 is 29.7 Å². The van der Waals surface area contributed by atoms with E-state index in [1.165, 1.54) is 10.8 Å². The summed E-state index contributed by atoms with van der Waals surface area (Å²) in [7, 11) is 1.54. The molecule has 0 bridgehead atoms. The zero-order valence-corrected chi connectivity index (χ0v) is 16.4. The van der Waals surface area contributed by atoms with E-state index in [1.54, 1.807) is 13.2 Å². The van der Waals surface area contributed by atoms with Crippen LogP contribution < -0.4 is 21.3 Å². The number of carbonyl (C=O) groups excluding carboxylic acids is 1. The molecule has 1 aromatic carbocycles. The maximum atomic E-state index is 12.3. The molecule has 3 rings (SSSR count). The first-order chi connectivity index (χ1) is 13.9. The number of aryl methyl sites for hydroxylation is 1. The van der Waals surface area contributed by atoms with Crippen molar-refractivity contribution in [1.29, 1.82) is 0 Å². The number of aliphatic hydroxyl groups excluding tert-OH is 1. The number of hydrogen-bond acceptors (Lipinski definition) is 6. The minimum Gasteiger partial charge on any atom is -0.496 e. The van der Waals surface area contributed by atoms with Crippen molar-refractivity contribution in [3.05, 3.63) is 62.4 Å². The van der Waals surface area contributed by atoms with Gasteiger partial charge in [0, 0.05) is 30.3 Å². The number of amides is 1. The largest absolute Gasteiger partial charge is 0.496 e. The summed E-state index contributed by atoms with van der Waals surface area (Å²) in [6.45, 7) is 1.91. The molecule has 156 valence electrons. The summed E-state index contributed by atoms with van der Waals surface area (Å²) >= 11 is 0. The molecular weight excluding hydrogens is 378 g/mol. The van der Waals surface area contributed by atoms with Crippen LogP contribution in [0.3, 0.4) is 0 Å². The molecule has 1 aromatic heterocycles. The molecule has 1 saturated heterocycles. The molecule has 2 heterocycles. The van der Waals surface area contributed by atoms with E-state index >= 15 is 0 Å². The number of methoxy groups -OCH3 is 1. The molecule has 0 spiro atoms. The van der Waals surface area contributed by atoms with E-state index in [4.69, 9.17) is 9.47 Å². The highest BCUT2D eigenvalue weighted by Gasteiger charge is 2.35. The van der Waals surface area contributed by atoms with Crippen molar-refractivity contribution in [1.82, 2.24) is 14.9 Å². The molecule has 1 amide bonds. The number of H-pyrrole nitrogens is 1. The van der Waals surface area contributed by atoms with Gasteiger partial charge in [0.25, 0.3) is 5.56 Å². The van der Waals surface area contributed by atoms with Crippen molar-refractivity contribution >= 4 is 5.91 Å². The highest BCUT2D eigenvalue weighted by Crippen LogP contribution is 2.27. The van der Waals surface area contributed by atoms with Gasteiger partial charge < -0.3 is 19.9 Å². The van der Waals surface area contributed by atoms with Gasteiger partial charge in [-0.05, 0) is 12.5 Å². The lowest BCUT2D eigenvalue weighted by atomic mass is 10.1. The Kier molecular flexibility index (Phi) is 6.50. The first-order valence-corrected chi connectivity index (χ1v) is 9.49. The zero-order valence-electron chi connectivity index (χ0n) is 16.4. The maximum Gasteiger partial charge on any atom is 0.330 e. The lowest BCUT2D eigenvalue weighted by molar-refractivity contribution is -0.121. The Labute approximate surface area is 167 Å².